The molecule has 1 rings (SSSR count). The molecule has 1 unspecified atom stereocenters. The number of hydrogen-bond donors (Lipinski definition) is 1. The van der Waals surface area contributed by atoms with Gasteiger partial charge in [-0.2, -0.15) is 5.26 Å². The zero-order chi connectivity index (χ0) is 12.6. The summed E-state index contributed by atoms with van der Waals surface area (Å²) in [5, 5.41) is 12.1. The summed E-state index contributed by atoms with van der Waals surface area (Å²) in [6.45, 7) is 5.76. The standard InChI is InChI=1S/C14H27N3/c1-14(13-15,16-2)9-5-8-12-17-10-6-3-4-7-11-17/h16H,3-12H2,1-2H3. The van der Waals surface area contributed by atoms with E-state index in [0.717, 1.165) is 12.8 Å². The molecule has 3 heteroatoms. The molecular formula is C14H27N3. The highest BCUT2D eigenvalue weighted by atomic mass is 15.1. The number of unbranched alkanes of at least 4 members (excludes halogenated alkanes) is 1. The number of likely N-dealkylation sites (tertiary alicyclic amines) is 1. The van der Waals surface area contributed by atoms with Crippen molar-refractivity contribution in [3.8, 4) is 6.07 Å². The maximum atomic E-state index is 9.05. The SMILES string of the molecule is CNC(C)(C#N)CCCCN1CCCCCC1. The minimum absolute atomic E-state index is 0.335. The van der Waals surface area contributed by atoms with Crippen molar-refractivity contribution >= 4 is 0 Å². The van der Waals surface area contributed by atoms with E-state index in [-0.39, 0.29) is 5.54 Å². The smallest absolute Gasteiger partial charge is 0.103 e. The molecule has 1 fully saturated rings. The molecule has 1 saturated heterocycles. The minimum Gasteiger partial charge on any atom is -0.303 e. The van der Waals surface area contributed by atoms with Crippen LogP contribution in [0, 0.1) is 11.3 Å². The molecule has 0 bridgehead atoms. The maximum absolute atomic E-state index is 9.05. The number of nitriles is 1. The summed E-state index contributed by atoms with van der Waals surface area (Å²) in [6.07, 6.45) is 8.86. The third-order valence-electron chi connectivity index (χ3n) is 3.90. The lowest BCUT2D eigenvalue weighted by atomic mass is 9.97. The number of nitrogens with one attached hydrogen (secondary N) is 1. The lowest BCUT2D eigenvalue weighted by molar-refractivity contribution is 0.273. The monoisotopic (exact) mass is 237 g/mol. The molecule has 1 N–H and O–H groups in total. The Morgan fingerprint density at radius 2 is 1.82 bits per heavy atom. The second-order valence-corrected chi connectivity index (χ2v) is 5.41. The van der Waals surface area contributed by atoms with Gasteiger partial charge in [-0.3, -0.25) is 0 Å². The van der Waals surface area contributed by atoms with Crippen molar-refractivity contribution in [1.29, 1.82) is 5.26 Å². The first-order valence-corrected chi connectivity index (χ1v) is 7.03. The zero-order valence-electron chi connectivity index (χ0n) is 11.5. The normalized spacial score (nSPS) is 21.5. The van der Waals surface area contributed by atoms with Gasteiger partial charge in [-0.25, -0.2) is 0 Å². The van der Waals surface area contributed by atoms with Gasteiger partial charge >= 0.3 is 0 Å². The van der Waals surface area contributed by atoms with E-state index in [1.807, 2.05) is 14.0 Å². The van der Waals surface area contributed by atoms with Crippen LogP contribution in [0.2, 0.25) is 0 Å². The summed E-state index contributed by atoms with van der Waals surface area (Å²) in [5.74, 6) is 0. The van der Waals surface area contributed by atoms with E-state index in [4.69, 9.17) is 5.26 Å². The lowest BCUT2D eigenvalue weighted by Crippen LogP contribution is -2.38. The van der Waals surface area contributed by atoms with Crippen molar-refractivity contribution in [2.24, 2.45) is 0 Å². The van der Waals surface area contributed by atoms with E-state index in [1.165, 1.54) is 51.7 Å². The molecule has 0 aromatic rings. The quantitative estimate of drug-likeness (QED) is 0.722. The molecule has 1 heterocycles. The molecule has 0 saturated carbocycles. The van der Waals surface area contributed by atoms with Crippen molar-refractivity contribution in [2.45, 2.75) is 57.4 Å². The third kappa shape index (κ3) is 5.52. The highest BCUT2D eigenvalue weighted by molar-refractivity contribution is 5.02. The molecular weight excluding hydrogens is 210 g/mol. The minimum atomic E-state index is -0.335. The van der Waals surface area contributed by atoms with Crippen LogP contribution in [0.15, 0.2) is 0 Å². The predicted molar refractivity (Wildman–Crippen MR) is 71.8 cm³/mol. The van der Waals surface area contributed by atoms with Crippen LogP contribution in [0.5, 0.6) is 0 Å². The lowest BCUT2D eigenvalue weighted by Gasteiger charge is -2.22. The molecule has 3 nitrogen and oxygen atoms in total. The third-order valence-corrected chi connectivity index (χ3v) is 3.90. The first kappa shape index (κ1) is 14.5. The van der Waals surface area contributed by atoms with Crippen molar-refractivity contribution in [2.75, 3.05) is 26.7 Å². The second kappa shape index (κ2) is 7.68. The van der Waals surface area contributed by atoms with Crippen LogP contribution in [0.4, 0.5) is 0 Å². The summed E-state index contributed by atoms with van der Waals surface area (Å²) < 4.78 is 0. The Labute approximate surface area is 106 Å². The molecule has 1 atom stereocenters. The van der Waals surface area contributed by atoms with Gasteiger partial charge in [-0.05, 0) is 65.7 Å². The fourth-order valence-corrected chi connectivity index (χ4v) is 2.41. The predicted octanol–water partition coefficient (Wildman–Crippen LogP) is 2.53. The van der Waals surface area contributed by atoms with E-state index < -0.39 is 0 Å². The molecule has 1 aliphatic rings. The van der Waals surface area contributed by atoms with Gasteiger partial charge in [0.05, 0.1) is 6.07 Å². The van der Waals surface area contributed by atoms with Crippen LogP contribution < -0.4 is 5.32 Å². The maximum Gasteiger partial charge on any atom is 0.103 e. The summed E-state index contributed by atoms with van der Waals surface area (Å²) in [5.41, 5.74) is -0.335. The van der Waals surface area contributed by atoms with E-state index >= 15 is 0 Å². The Bertz CT molecular complexity index is 238. The van der Waals surface area contributed by atoms with Crippen LogP contribution in [-0.2, 0) is 0 Å². The van der Waals surface area contributed by atoms with Crippen LogP contribution in [-0.4, -0.2) is 37.1 Å². The van der Waals surface area contributed by atoms with Gasteiger partial charge in [0.15, 0.2) is 0 Å². The molecule has 98 valence electrons. The molecule has 0 amide bonds. The van der Waals surface area contributed by atoms with Crippen molar-refractivity contribution in [1.82, 2.24) is 10.2 Å². The van der Waals surface area contributed by atoms with Gasteiger partial charge in [0.1, 0.15) is 5.54 Å². The molecule has 0 aliphatic carbocycles. The van der Waals surface area contributed by atoms with Crippen LogP contribution in [0.1, 0.15) is 51.9 Å². The van der Waals surface area contributed by atoms with Gasteiger partial charge in [-0.15, -0.1) is 0 Å². The van der Waals surface area contributed by atoms with Crippen LogP contribution in [0.25, 0.3) is 0 Å². The second-order valence-electron chi connectivity index (χ2n) is 5.41. The van der Waals surface area contributed by atoms with Crippen molar-refractivity contribution < 1.29 is 0 Å². The Kier molecular flexibility index (Phi) is 6.54. The average molecular weight is 237 g/mol. The Hall–Kier alpha value is -0.590. The van der Waals surface area contributed by atoms with E-state index in [0.29, 0.717) is 0 Å². The van der Waals surface area contributed by atoms with Gasteiger partial charge in [0.25, 0.3) is 0 Å². The largest absolute Gasteiger partial charge is 0.303 e. The van der Waals surface area contributed by atoms with Gasteiger partial charge in [0.2, 0.25) is 0 Å². The average Bonchev–Trinajstić information content (AvgIpc) is 2.63. The van der Waals surface area contributed by atoms with Crippen molar-refractivity contribution in [3.63, 3.8) is 0 Å². The first-order chi connectivity index (χ1) is 8.20. The topological polar surface area (TPSA) is 39.1 Å². The van der Waals surface area contributed by atoms with E-state index in [9.17, 15) is 0 Å². The summed E-state index contributed by atoms with van der Waals surface area (Å²) >= 11 is 0. The first-order valence-electron chi connectivity index (χ1n) is 7.03. The summed E-state index contributed by atoms with van der Waals surface area (Å²) in [4.78, 5) is 2.59. The summed E-state index contributed by atoms with van der Waals surface area (Å²) in [6, 6.07) is 2.35. The number of rotatable bonds is 6. The highest BCUT2D eigenvalue weighted by Crippen LogP contribution is 2.14. The van der Waals surface area contributed by atoms with Crippen molar-refractivity contribution in [3.05, 3.63) is 0 Å². The Morgan fingerprint density at radius 1 is 1.18 bits per heavy atom. The number of nitrogens with zero attached hydrogens (tertiary/aromatic N) is 2. The molecule has 0 aromatic heterocycles. The molecule has 0 radical (unpaired) electrons. The van der Waals surface area contributed by atoms with Gasteiger partial charge in [0, 0.05) is 0 Å². The fourth-order valence-electron chi connectivity index (χ4n) is 2.41. The molecule has 0 aromatic carbocycles. The Morgan fingerprint density at radius 3 is 2.35 bits per heavy atom. The highest BCUT2D eigenvalue weighted by Gasteiger charge is 2.20. The molecule has 1 aliphatic heterocycles. The Balaban J connectivity index is 2.13. The zero-order valence-corrected chi connectivity index (χ0v) is 11.5. The van der Waals surface area contributed by atoms with Crippen LogP contribution >= 0.6 is 0 Å². The van der Waals surface area contributed by atoms with Crippen LogP contribution in [0.3, 0.4) is 0 Å². The fraction of sp³-hybridized carbons (Fsp3) is 0.929. The summed E-state index contributed by atoms with van der Waals surface area (Å²) in [7, 11) is 1.87. The van der Waals surface area contributed by atoms with Gasteiger partial charge < -0.3 is 10.2 Å². The molecule has 0 spiro atoms. The van der Waals surface area contributed by atoms with E-state index in [2.05, 4.69) is 16.3 Å². The number of hydrogen-bond acceptors (Lipinski definition) is 3. The van der Waals surface area contributed by atoms with Gasteiger partial charge in [-0.1, -0.05) is 12.8 Å². The molecule has 17 heavy (non-hydrogen) atoms. The van der Waals surface area contributed by atoms with E-state index in [1.54, 1.807) is 0 Å².